The summed E-state index contributed by atoms with van der Waals surface area (Å²) in [6.07, 6.45) is -4.58. The van der Waals surface area contributed by atoms with Crippen molar-refractivity contribution in [1.29, 1.82) is 0 Å². The first-order valence-electron chi connectivity index (χ1n) is 8.56. The van der Waals surface area contributed by atoms with Crippen LogP contribution in [0, 0.1) is 0 Å². The van der Waals surface area contributed by atoms with Crippen molar-refractivity contribution in [3.05, 3.63) is 39.9 Å². The van der Waals surface area contributed by atoms with Crippen LogP contribution in [0.2, 0.25) is 5.15 Å². The predicted molar refractivity (Wildman–Crippen MR) is 105 cm³/mol. The summed E-state index contributed by atoms with van der Waals surface area (Å²) in [6, 6.07) is 2.99. The highest BCUT2D eigenvalue weighted by atomic mass is 35.5. The molecule has 2 aromatic rings. The maximum atomic E-state index is 13.0. The lowest BCUT2D eigenvalue weighted by Gasteiger charge is -2.27. The van der Waals surface area contributed by atoms with Gasteiger partial charge in [0.25, 0.3) is 5.91 Å². The number of nitrogens with one attached hydrogen (secondary N) is 1. The minimum Gasteiger partial charge on any atom is -0.311 e. The summed E-state index contributed by atoms with van der Waals surface area (Å²) in [5.41, 5.74) is -1.76. The average Bonchev–Trinajstić information content (AvgIpc) is 3.13. The zero-order chi connectivity index (χ0) is 22.4. The minimum absolute atomic E-state index is 0.0666. The van der Waals surface area contributed by atoms with Crippen molar-refractivity contribution in [2.75, 3.05) is 10.2 Å². The summed E-state index contributed by atoms with van der Waals surface area (Å²) in [5.74, 6) is -0.844. The maximum absolute atomic E-state index is 13.0. The van der Waals surface area contributed by atoms with Crippen LogP contribution >= 0.6 is 22.9 Å². The molecule has 0 aliphatic carbocycles. The number of urea groups is 1. The third-order valence-corrected chi connectivity index (χ3v) is 5.56. The Morgan fingerprint density at radius 3 is 2.50 bits per heavy atom. The lowest BCUT2D eigenvalue weighted by molar-refractivity contribution is -0.137. The number of hydrogen-bond acceptors (Lipinski definition) is 5. The fraction of sp³-hybridized carbons (Fsp3) is 0.333. The minimum atomic E-state index is -4.58. The van der Waals surface area contributed by atoms with E-state index in [4.69, 9.17) is 11.6 Å². The molecule has 1 N–H and O–H groups in total. The molecule has 0 spiro atoms. The van der Waals surface area contributed by atoms with Crippen LogP contribution < -0.4 is 10.2 Å². The molecule has 0 unspecified atom stereocenters. The molecular formula is C18H16ClF3N4O3S. The molecule has 1 fully saturated rings. The Kier molecular flexibility index (Phi) is 5.54. The molecule has 2 aromatic heterocycles. The van der Waals surface area contributed by atoms with Crippen molar-refractivity contribution in [1.82, 2.24) is 9.88 Å². The summed E-state index contributed by atoms with van der Waals surface area (Å²) in [7, 11) is 0. The zero-order valence-corrected chi connectivity index (χ0v) is 17.6. The number of anilines is 2. The number of alkyl halides is 3. The lowest BCUT2D eigenvalue weighted by atomic mass is 10.0. The van der Waals surface area contributed by atoms with Gasteiger partial charge in [-0.1, -0.05) is 11.6 Å². The van der Waals surface area contributed by atoms with E-state index in [0.717, 1.165) is 16.3 Å². The van der Waals surface area contributed by atoms with E-state index in [1.54, 1.807) is 0 Å². The predicted octanol–water partition coefficient (Wildman–Crippen LogP) is 4.52. The van der Waals surface area contributed by atoms with E-state index in [1.807, 2.05) is 0 Å². The largest absolute Gasteiger partial charge is 0.417 e. The van der Waals surface area contributed by atoms with E-state index in [1.165, 1.54) is 37.8 Å². The van der Waals surface area contributed by atoms with Crippen molar-refractivity contribution in [2.24, 2.45) is 0 Å². The standard InChI is InChI=1S/C18H16ClF3N4O3S/c1-9(27)23-13-5-10(4-12(19)24-13)7-25-16(29)26(15(28)17(25,2)3)14-6-11(8-30-14)18(20,21)22/h4-6,8H,7H2,1-3H3,(H,23,24,27). The molecule has 0 atom stereocenters. The molecule has 0 saturated carbocycles. The van der Waals surface area contributed by atoms with Crippen molar-refractivity contribution in [3.8, 4) is 0 Å². The van der Waals surface area contributed by atoms with E-state index in [-0.39, 0.29) is 28.4 Å². The second-order valence-corrected chi connectivity index (χ2v) is 8.38. The third kappa shape index (κ3) is 4.12. The summed E-state index contributed by atoms with van der Waals surface area (Å²) in [4.78, 5) is 43.0. The van der Waals surface area contributed by atoms with Crippen LogP contribution in [0.25, 0.3) is 0 Å². The molecule has 0 bridgehead atoms. The molecule has 3 heterocycles. The summed E-state index contributed by atoms with van der Waals surface area (Å²) >= 11 is 6.64. The number of carbonyl (C=O) groups excluding carboxylic acids is 3. The first kappa shape index (κ1) is 22.0. The van der Waals surface area contributed by atoms with Gasteiger partial charge in [-0.05, 0) is 37.6 Å². The normalized spacial score (nSPS) is 16.4. The van der Waals surface area contributed by atoms with E-state index >= 15 is 0 Å². The van der Waals surface area contributed by atoms with Crippen molar-refractivity contribution in [3.63, 3.8) is 0 Å². The lowest BCUT2D eigenvalue weighted by Crippen LogP contribution is -2.43. The van der Waals surface area contributed by atoms with E-state index in [0.29, 0.717) is 16.9 Å². The number of nitrogens with zero attached hydrogens (tertiary/aromatic N) is 3. The highest BCUT2D eigenvalue weighted by Gasteiger charge is 2.52. The van der Waals surface area contributed by atoms with Gasteiger partial charge in [0.1, 0.15) is 21.5 Å². The van der Waals surface area contributed by atoms with E-state index in [2.05, 4.69) is 10.3 Å². The summed E-state index contributed by atoms with van der Waals surface area (Å²) < 4.78 is 38.8. The monoisotopic (exact) mass is 460 g/mol. The quantitative estimate of drug-likeness (QED) is 0.537. The van der Waals surface area contributed by atoms with Crippen LogP contribution in [0.4, 0.5) is 28.8 Å². The van der Waals surface area contributed by atoms with Gasteiger partial charge in [-0.15, -0.1) is 11.3 Å². The highest BCUT2D eigenvalue weighted by Crippen LogP contribution is 2.40. The number of hydrogen-bond donors (Lipinski definition) is 1. The molecule has 4 amide bonds. The second kappa shape index (κ2) is 7.55. The van der Waals surface area contributed by atoms with Crippen LogP contribution in [-0.4, -0.2) is 33.3 Å². The number of halogens is 4. The highest BCUT2D eigenvalue weighted by molar-refractivity contribution is 7.14. The topological polar surface area (TPSA) is 82.6 Å². The SMILES string of the molecule is CC(=O)Nc1cc(CN2C(=O)N(c3cc(C(F)(F)F)cs3)C(=O)C2(C)C)cc(Cl)n1. The Bertz CT molecular complexity index is 1040. The number of thiophene rings is 1. The summed E-state index contributed by atoms with van der Waals surface area (Å²) in [6.45, 7) is 4.23. The molecule has 1 aliphatic rings. The zero-order valence-electron chi connectivity index (χ0n) is 16.0. The number of amides is 4. The van der Waals surface area contributed by atoms with Gasteiger partial charge in [0.2, 0.25) is 5.91 Å². The maximum Gasteiger partial charge on any atom is 0.417 e. The number of rotatable bonds is 4. The first-order valence-corrected chi connectivity index (χ1v) is 9.82. The molecule has 0 radical (unpaired) electrons. The van der Waals surface area contributed by atoms with E-state index < -0.39 is 29.2 Å². The van der Waals surface area contributed by atoms with Crippen LogP contribution in [-0.2, 0) is 22.3 Å². The van der Waals surface area contributed by atoms with Crippen molar-refractivity contribution in [2.45, 2.75) is 39.0 Å². The Balaban J connectivity index is 1.92. The first-order chi connectivity index (χ1) is 13.8. The fourth-order valence-corrected chi connectivity index (χ4v) is 4.10. The van der Waals surface area contributed by atoms with E-state index in [9.17, 15) is 27.6 Å². The number of pyridine rings is 1. The second-order valence-electron chi connectivity index (χ2n) is 7.10. The van der Waals surface area contributed by atoms with Crippen LogP contribution in [0.15, 0.2) is 23.6 Å². The van der Waals surface area contributed by atoms with Crippen LogP contribution in [0.3, 0.4) is 0 Å². The van der Waals surface area contributed by atoms with Crippen LogP contribution in [0.5, 0.6) is 0 Å². The van der Waals surface area contributed by atoms with Gasteiger partial charge in [-0.25, -0.2) is 14.7 Å². The van der Waals surface area contributed by atoms with Gasteiger partial charge in [0.15, 0.2) is 0 Å². The summed E-state index contributed by atoms with van der Waals surface area (Å²) in [5, 5.41) is 3.29. The molecular weight excluding hydrogens is 445 g/mol. The molecule has 160 valence electrons. The molecule has 7 nitrogen and oxygen atoms in total. The molecule has 30 heavy (non-hydrogen) atoms. The van der Waals surface area contributed by atoms with Crippen molar-refractivity contribution >= 4 is 51.6 Å². The Labute approximate surface area is 178 Å². The van der Waals surface area contributed by atoms with Gasteiger partial charge in [-0.2, -0.15) is 13.2 Å². The van der Waals surface area contributed by atoms with Crippen molar-refractivity contribution < 1.29 is 27.6 Å². The third-order valence-electron chi connectivity index (χ3n) is 4.46. The molecule has 0 aromatic carbocycles. The van der Waals surface area contributed by atoms with Gasteiger partial charge in [-0.3, -0.25) is 9.59 Å². The Morgan fingerprint density at radius 2 is 1.93 bits per heavy atom. The van der Waals surface area contributed by atoms with Gasteiger partial charge < -0.3 is 10.2 Å². The smallest absolute Gasteiger partial charge is 0.311 e. The molecule has 3 rings (SSSR count). The molecule has 1 saturated heterocycles. The number of aromatic nitrogens is 1. The average molecular weight is 461 g/mol. The Hall–Kier alpha value is -2.66. The molecule has 1 aliphatic heterocycles. The number of imide groups is 1. The fourth-order valence-electron chi connectivity index (χ4n) is 2.95. The number of carbonyl (C=O) groups is 3. The molecule has 12 heteroatoms. The van der Waals surface area contributed by atoms with Gasteiger partial charge in [0, 0.05) is 18.8 Å². The van der Waals surface area contributed by atoms with Gasteiger partial charge >= 0.3 is 12.2 Å². The Morgan fingerprint density at radius 1 is 1.27 bits per heavy atom. The van der Waals surface area contributed by atoms with Crippen LogP contribution in [0.1, 0.15) is 31.9 Å². The van der Waals surface area contributed by atoms with Gasteiger partial charge in [0.05, 0.1) is 5.56 Å².